The molecule has 0 amide bonds. The van der Waals surface area contributed by atoms with E-state index in [1.54, 1.807) is 0 Å². The Morgan fingerprint density at radius 2 is 2.00 bits per heavy atom. The maximum absolute atomic E-state index is 4.40. The first-order valence-electron chi connectivity index (χ1n) is 5.20. The topological polar surface area (TPSA) is 3.24 Å². The van der Waals surface area contributed by atoms with Crippen LogP contribution in [0.2, 0.25) is 0 Å². The molecule has 0 spiro atoms. The highest BCUT2D eigenvalue weighted by atomic mass is 32.1. The zero-order valence-corrected chi connectivity index (χ0v) is 9.02. The van der Waals surface area contributed by atoms with Crippen molar-refractivity contribution in [3.05, 3.63) is 0 Å². The SMILES string of the molecule is CCCC(CS)CN1CCCC1. The van der Waals surface area contributed by atoms with Gasteiger partial charge in [-0.05, 0) is 44.0 Å². The van der Waals surface area contributed by atoms with Gasteiger partial charge in [-0.3, -0.25) is 0 Å². The third kappa shape index (κ3) is 3.36. The number of hydrogen-bond donors (Lipinski definition) is 1. The maximum Gasteiger partial charge on any atom is 0.00175 e. The predicted octanol–water partition coefficient (Wildman–Crippen LogP) is 2.43. The monoisotopic (exact) mass is 187 g/mol. The number of likely N-dealkylation sites (tertiary alicyclic amines) is 1. The second kappa shape index (κ2) is 5.87. The molecule has 0 aromatic carbocycles. The van der Waals surface area contributed by atoms with Crippen molar-refractivity contribution < 1.29 is 0 Å². The van der Waals surface area contributed by atoms with Crippen LogP contribution >= 0.6 is 12.6 Å². The lowest BCUT2D eigenvalue weighted by Crippen LogP contribution is -2.27. The summed E-state index contributed by atoms with van der Waals surface area (Å²) in [5.41, 5.74) is 0. The van der Waals surface area contributed by atoms with Gasteiger partial charge in [-0.25, -0.2) is 0 Å². The lowest BCUT2D eigenvalue weighted by Gasteiger charge is -2.21. The number of thiol groups is 1. The molecule has 1 aliphatic rings. The molecule has 0 aromatic heterocycles. The number of rotatable bonds is 5. The quantitative estimate of drug-likeness (QED) is 0.647. The van der Waals surface area contributed by atoms with Crippen molar-refractivity contribution in [2.24, 2.45) is 5.92 Å². The van der Waals surface area contributed by atoms with Gasteiger partial charge in [-0.15, -0.1) is 0 Å². The van der Waals surface area contributed by atoms with Gasteiger partial charge in [-0.2, -0.15) is 12.6 Å². The Morgan fingerprint density at radius 3 is 2.50 bits per heavy atom. The highest BCUT2D eigenvalue weighted by Gasteiger charge is 2.15. The predicted molar refractivity (Wildman–Crippen MR) is 57.9 cm³/mol. The highest BCUT2D eigenvalue weighted by molar-refractivity contribution is 7.80. The summed E-state index contributed by atoms with van der Waals surface area (Å²) in [6.07, 6.45) is 5.47. The Labute approximate surface area is 81.9 Å². The van der Waals surface area contributed by atoms with Gasteiger partial charge in [0.25, 0.3) is 0 Å². The average molecular weight is 187 g/mol. The standard InChI is InChI=1S/C10H21NS/c1-2-5-10(9-12)8-11-6-3-4-7-11/h10,12H,2-9H2,1H3. The normalized spacial score (nSPS) is 21.5. The fourth-order valence-electron chi connectivity index (χ4n) is 1.98. The van der Waals surface area contributed by atoms with Crippen LogP contribution < -0.4 is 0 Å². The molecule has 1 unspecified atom stereocenters. The molecule has 1 heterocycles. The van der Waals surface area contributed by atoms with Gasteiger partial charge in [0.1, 0.15) is 0 Å². The molecule has 0 N–H and O–H groups in total. The van der Waals surface area contributed by atoms with Crippen molar-refractivity contribution in [3.8, 4) is 0 Å². The molecule has 0 saturated carbocycles. The molecule has 0 radical (unpaired) electrons. The van der Waals surface area contributed by atoms with Gasteiger partial charge in [0.2, 0.25) is 0 Å². The van der Waals surface area contributed by atoms with Crippen LogP contribution in [0.4, 0.5) is 0 Å². The number of hydrogen-bond acceptors (Lipinski definition) is 2. The zero-order chi connectivity index (χ0) is 8.81. The van der Waals surface area contributed by atoms with E-state index < -0.39 is 0 Å². The summed E-state index contributed by atoms with van der Waals surface area (Å²) in [5, 5.41) is 0. The van der Waals surface area contributed by atoms with Crippen molar-refractivity contribution in [1.29, 1.82) is 0 Å². The van der Waals surface area contributed by atoms with Crippen LogP contribution in [-0.4, -0.2) is 30.3 Å². The van der Waals surface area contributed by atoms with E-state index in [4.69, 9.17) is 0 Å². The van der Waals surface area contributed by atoms with E-state index in [9.17, 15) is 0 Å². The molecule has 1 saturated heterocycles. The minimum Gasteiger partial charge on any atom is -0.303 e. The summed E-state index contributed by atoms with van der Waals surface area (Å²) in [5.74, 6) is 1.89. The Morgan fingerprint density at radius 1 is 1.33 bits per heavy atom. The molecule has 1 rings (SSSR count). The lowest BCUT2D eigenvalue weighted by molar-refractivity contribution is 0.282. The Hall–Kier alpha value is 0.310. The van der Waals surface area contributed by atoms with E-state index >= 15 is 0 Å². The zero-order valence-electron chi connectivity index (χ0n) is 8.13. The first kappa shape index (κ1) is 10.4. The van der Waals surface area contributed by atoms with E-state index in [1.165, 1.54) is 45.3 Å². The van der Waals surface area contributed by atoms with Gasteiger partial charge >= 0.3 is 0 Å². The molecule has 12 heavy (non-hydrogen) atoms. The van der Waals surface area contributed by atoms with Crippen LogP contribution in [0.3, 0.4) is 0 Å². The molecule has 2 heteroatoms. The van der Waals surface area contributed by atoms with E-state index in [1.807, 2.05) is 0 Å². The molecule has 0 bridgehead atoms. The summed E-state index contributed by atoms with van der Waals surface area (Å²) in [6, 6.07) is 0. The van der Waals surface area contributed by atoms with E-state index in [0.717, 1.165) is 11.7 Å². The van der Waals surface area contributed by atoms with Crippen molar-refractivity contribution in [3.63, 3.8) is 0 Å². The summed E-state index contributed by atoms with van der Waals surface area (Å²) in [7, 11) is 0. The van der Waals surface area contributed by atoms with Gasteiger partial charge in [0.05, 0.1) is 0 Å². The van der Waals surface area contributed by atoms with Crippen molar-refractivity contribution >= 4 is 12.6 Å². The Kier molecular flexibility index (Phi) is 5.08. The third-order valence-electron chi connectivity index (χ3n) is 2.67. The average Bonchev–Trinajstić information content (AvgIpc) is 2.56. The molecule has 0 aromatic rings. The van der Waals surface area contributed by atoms with Crippen molar-refractivity contribution in [2.75, 3.05) is 25.4 Å². The fraction of sp³-hybridized carbons (Fsp3) is 1.00. The summed E-state index contributed by atoms with van der Waals surface area (Å²) in [4.78, 5) is 2.59. The van der Waals surface area contributed by atoms with E-state index in [2.05, 4.69) is 24.5 Å². The van der Waals surface area contributed by atoms with E-state index in [-0.39, 0.29) is 0 Å². The minimum absolute atomic E-state index is 0.830. The molecule has 1 atom stereocenters. The molecule has 72 valence electrons. The molecule has 0 aliphatic carbocycles. The fourth-order valence-corrected chi connectivity index (χ4v) is 2.28. The van der Waals surface area contributed by atoms with Crippen LogP contribution in [-0.2, 0) is 0 Å². The van der Waals surface area contributed by atoms with Gasteiger partial charge < -0.3 is 4.90 Å². The van der Waals surface area contributed by atoms with Crippen LogP contribution in [0, 0.1) is 5.92 Å². The van der Waals surface area contributed by atoms with Crippen LogP contribution in [0.15, 0.2) is 0 Å². The van der Waals surface area contributed by atoms with Gasteiger partial charge in [0.15, 0.2) is 0 Å². The second-order valence-electron chi connectivity index (χ2n) is 3.84. The van der Waals surface area contributed by atoms with Crippen LogP contribution in [0.5, 0.6) is 0 Å². The Balaban J connectivity index is 2.16. The van der Waals surface area contributed by atoms with Crippen molar-refractivity contribution in [1.82, 2.24) is 4.90 Å². The molecule has 1 fully saturated rings. The van der Waals surface area contributed by atoms with Crippen LogP contribution in [0.1, 0.15) is 32.6 Å². The maximum atomic E-state index is 4.40. The molecule has 1 nitrogen and oxygen atoms in total. The van der Waals surface area contributed by atoms with Gasteiger partial charge in [0, 0.05) is 6.54 Å². The lowest BCUT2D eigenvalue weighted by atomic mass is 10.1. The second-order valence-corrected chi connectivity index (χ2v) is 4.21. The largest absolute Gasteiger partial charge is 0.303 e. The highest BCUT2D eigenvalue weighted by Crippen LogP contribution is 2.14. The minimum atomic E-state index is 0.830. The van der Waals surface area contributed by atoms with Gasteiger partial charge in [-0.1, -0.05) is 13.3 Å². The smallest absolute Gasteiger partial charge is 0.00175 e. The molecular weight excluding hydrogens is 166 g/mol. The van der Waals surface area contributed by atoms with Crippen LogP contribution in [0.25, 0.3) is 0 Å². The molecular formula is C10H21NS. The molecule has 1 aliphatic heterocycles. The summed E-state index contributed by atoms with van der Waals surface area (Å²) in [6.45, 7) is 6.21. The third-order valence-corrected chi connectivity index (χ3v) is 3.19. The summed E-state index contributed by atoms with van der Waals surface area (Å²) < 4.78 is 0. The number of nitrogens with zero attached hydrogens (tertiary/aromatic N) is 1. The first-order valence-corrected chi connectivity index (χ1v) is 5.83. The van der Waals surface area contributed by atoms with E-state index in [0.29, 0.717) is 0 Å². The first-order chi connectivity index (χ1) is 5.86. The van der Waals surface area contributed by atoms with Crippen molar-refractivity contribution in [2.45, 2.75) is 32.6 Å². The Bertz CT molecular complexity index is 110. The summed E-state index contributed by atoms with van der Waals surface area (Å²) >= 11 is 4.40.